The molecule has 0 unspecified atom stereocenters. The minimum Gasteiger partial charge on any atom is -0.266 e. The first-order valence-corrected chi connectivity index (χ1v) is 8.78. The normalized spacial score (nSPS) is 13.8. The molecule has 0 spiro atoms. The summed E-state index contributed by atoms with van der Waals surface area (Å²) in [6.07, 6.45) is 1.72. The molecule has 1 aliphatic heterocycles. The van der Waals surface area contributed by atoms with Gasteiger partial charge in [0.05, 0.1) is 27.5 Å². The van der Waals surface area contributed by atoms with Crippen LogP contribution in [0.4, 0.5) is 0 Å². The number of carbonyl (C=O) groups excluding carboxylic acids is 2. The molecule has 0 fully saturated rings. The Bertz CT molecular complexity index is 1170. The molecule has 0 atom stereocenters. The maximum absolute atomic E-state index is 12.3. The van der Waals surface area contributed by atoms with E-state index in [4.69, 9.17) is 4.84 Å². The lowest BCUT2D eigenvalue weighted by atomic mass is 10.1. The van der Waals surface area contributed by atoms with E-state index in [1.807, 2.05) is 24.3 Å². The number of rotatable bonds is 3. The van der Waals surface area contributed by atoms with Crippen LogP contribution in [-0.4, -0.2) is 26.8 Å². The van der Waals surface area contributed by atoms with E-state index in [0.29, 0.717) is 16.1 Å². The first kappa shape index (κ1) is 15.1. The van der Waals surface area contributed by atoms with Gasteiger partial charge in [0.2, 0.25) is 0 Å². The highest BCUT2D eigenvalue weighted by molar-refractivity contribution is 7.19. The Balaban J connectivity index is 1.43. The molecule has 4 aromatic rings. The van der Waals surface area contributed by atoms with Crippen molar-refractivity contribution in [2.75, 3.05) is 0 Å². The van der Waals surface area contributed by atoms with Gasteiger partial charge in [-0.15, -0.1) is 16.4 Å². The summed E-state index contributed by atoms with van der Waals surface area (Å²) in [6, 6.07) is 14.5. The molecular weight excluding hydrogens is 350 g/mol. The minimum absolute atomic E-state index is 0.0408. The summed E-state index contributed by atoms with van der Waals surface area (Å²) in [4.78, 5) is 39.1. The summed E-state index contributed by atoms with van der Waals surface area (Å²) >= 11 is 1.47. The average Bonchev–Trinajstić information content (AvgIpc) is 3.20. The third kappa shape index (κ3) is 2.22. The molecule has 2 aromatic carbocycles. The lowest BCUT2D eigenvalue weighted by Gasteiger charge is -2.11. The van der Waals surface area contributed by atoms with Gasteiger partial charge in [-0.3, -0.25) is 19.4 Å². The number of hydrogen-bond donors (Lipinski definition) is 0. The summed E-state index contributed by atoms with van der Waals surface area (Å²) in [5, 5.41) is 2.51. The van der Waals surface area contributed by atoms with Crippen LogP contribution in [-0.2, 0) is 11.4 Å². The molecule has 2 amide bonds. The molecule has 0 N–H and O–H groups in total. The van der Waals surface area contributed by atoms with E-state index in [1.54, 1.807) is 30.5 Å². The SMILES string of the molecule is O=C1c2ccccc2C(=O)N1OCc1nc2cnc3ccccc3c2s1. The number of hydroxylamine groups is 2. The Hall–Kier alpha value is -3.16. The van der Waals surface area contributed by atoms with Crippen LogP contribution in [0, 0.1) is 0 Å². The fourth-order valence-corrected chi connectivity index (χ4v) is 4.01. The van der Waals surface area contributed by atoms with Gasteiger partial charge in [0, 0.05) is 5.39 Å². The number of fused-ring (bicyclic) bond motifs is 4. The molecule has 7 heteroatoms. The number of pyridine rings is 1. The van der Waals surface area contributed by atoms with Gasteiger partial charge in [-0.2, -0.15) is 0 Å². The maximum atomic E-state index is 12.3. The van der Waals surface area contributed by atoms with Gasteiger partial charge in [0.1, 0.15) is 17.1 Å². The number of benzene rings is 2. The van der Waals surface area contributed by atoms with Crippen LogP contribution < -0.4 is 0 Å². The molecule has 5 rings (SSSR count). The summed E-state index contributed by atoms with van der Waals surface area (Å²) in [6.45, 7) is 0.0408. The number of hydrogen-bond acceptors (Lipinski definition) is 6. The zero-order valence-electron chi connectivity index (χ0n) is 13.4. The number of para-hydroxylation sites is 1. The van der Waals surface area contributed by atoms with E-state index < -0.39 is 11.8 Å². The number of imide groups is 1. The summed E-state index contributed by atoms with van der Waals surface area (Å²) in [7, 11) is 0. The molecule has 126 valence electrons. The number of thiazole rings is 1. The average molecular weight is 361 g/mol. The molecule has 0 saturated carbocycles. The van der Waals surface area contributed by atoms with Crippen molar-refractivity contribution < 1.29 is 14.4 Å². The van der Waals surface area contributed by atoms with E-state index in [9.17, 15) is 9.59 Å². The molecule has 0 bridgehead atoms. The van der Waals surface area contributed by atoms with E-state index in [1.165, 1.54) is 11.3 Å². The predicted molar refractivity (Wildman–Crippen MR) is 96.7 cm³/mol. The molecule has 1 aliphatic rings. The van der Waals surface area contributed by atoms with Crippen LogP contribution >= 0.6 is 11.3 Å². The Labute approximate surface area is 151 Å². The van der Waals surface area contributed by atoms with Crippen LogP contribution in [0.2, 0.25) is 0 Å². The van der Waals surface area contributed by atoms with Crippen LogP contribution in [0.25, 0.3) is 21.1 Å². The zero-order chi connectivity index (χ0) is 17.7. The highest BCUT2D eigenvalue weighted by Gasteiger charge is 2.36. The zero-order valence-corrected chi connectivity index (χ0v) is 14.2. The minimum atomic E-state index is -0.446. The largest absolute Gasteiger partial charge is 0.285 e. The van der Waals surface area contributed by atoms with Crippen molar-refractivity contribution in [3.63, 3.8) is 0 Å². The predicted octanol–water partition coefficient (Wildman–Crippen LogP) is 3.57. The summed E-state index contributed by atoms with van der Waals surface area (Å²) in [5.74, 6) is -0.891. The van der Waals surface area contributed by atoms with Crippen molar-refractivity contribution in [1.82, 2.24) is 15.0 Å². The Morgan fingerprint density at radius 1 is 0.923 bits per heavy atom. The van der Waals surface area contributed by atoms with Gasteiger partial charge in [-0.25, -0.2) is 4.98 Å². The molecule has 2 aromatic heterocycles. The molecule has 26 heavy (non-hydrogen) atoms. The van der Waals surface area contributed by atoms with Gasteiger partial charge < -0.3 is 0 Å². The third-order valence-corrected chi connectivity index (χ3v) is 5.32. The van der Waals surface area contributed by atoms with E-state index in [2.05, 4.69) is 9.97 Å². The van der Waals surface area contributed by atoms with Crippen molar-refractivity contribution in [3.05, 3.63) is 70.9 Å². The van der Waals surface area contributed by atoms with Crippen LogP contribution in [0.1, 0.15) is 25.7 Å². The Morgan fingerprint density at radius 3 is 2.38 bits per heavy atom. The molecule has 0 saturated heterocycles. The van der Waals surface area contributed by atoms with E-state index in [0.717, 1.165) is 26.2 Å². The van der Waals surface area contributed by atoms with Crippen molar-refractivity contribution in [2.45, 2.75) is 6.61 Å². The van der Waals surface area contributed by atoms with Crippen molar-refractivity contribution >= 4 is 44.3 Å². The second-order valence-corrected chi connectivity index (χ2v) is 6.90. The number of aromatic nitrogens is 2. The standard InChI is InChI=1S/C19H11N3O3S/c23-18-11-5-1-2-6-12(11)19(24)22(18)25-10-16-21-15-9-20-14-8-4-3-7-13(14)17(15)26-16/h1-9H,10H2. The molecule has 6 nitrogen and oxygen atoms in total. The van der Waals surface area contributed by atoms with Gasteiger partial charge in [-0.05, 0) is 18.2 Å². The molecule has 0 aliphatic carbocycles. The van der Waals surface area contributed by atoms with Gasteiger partial charge in [-0.1, -0.05) is 30.3 Å². The van der Waals surface area contributed by atoms with Gasteiger partial charge >= 0.3 is 0 Å². The molecular formula is C19H11N3O3S. The fraction of sp³-hybridized carbons (Fsp3) is 0.0526. The quantitative estimate of drug-likeness (QED) is 0.522. The smallest absolute Gasteiger partial charge is 0.266 e. The Kier molecular flexibility index (Phi) is 3.31. The lowest BCUT2D eigenvalue weighted by molar-refractivity contribution is -0.101. The van der Waals surface area contributed by atoms with Crippen molar-refractivity contribution in [2.24, 2.45) is 0 Å². The van der Waals surface area contributed by atoms with Crippen molar-refractivity contribution in [1.29, 1.82) is 0 Å². The summed E-state index contributed by atoms with van der Waals surface area (Å²) < 4.78 is 1.01. The number of nitrogens with zero attached hydrogens (tertiary/aromatic N) is 3. The van der Waals surface area contributed by atoms with Crippen LogP contribution in [0.15, 0.2) is 54.7 Å². The molecule has 0 radical (unpaired) electrons. The van der Waals surface area contributed by atoms with E-state index in [-0.39, 0.29) is 6.61 Å². The maximum Gasteiger partial charge on any atom is 0.285 e. The first-order chi connectivity index (χ1) is 12.7. The lowest BCUT2D eigenvalue weighted by Crippen LogP contribution is -2.29. The first-order valence-electron chi connectivity index (χ1n) is 7.96. The monoisotopic (exact) mass is 361 g/mol. The highest BCUT2D eigenvalue weighted by Crippen LogP contribution is 2.30. The van der Waals surface area contributed by atoms with Crippen molar-refractivity contribution in [3.8, 4) is 0 Å². The Morgan fingerprint density at radius 2 is 1.62 bits per heavy atom. The van der Waals surface area contributed by atoms with Crippen LogP contribution in [0.5, 0.6) is 0 Å². The van der Waals surface area contributed by atoms with Crippen LogP contribution in [0.3, 0.4) is 0 Å². The van der Waals surface area contributed by atoms with Gasteiger partial charge in [0.15, 0.2) is 0 Å². The third-order valence-electron chi connectivity index (χ3n) is 4.25. The second-order valence-electron chi connectivity index (χ2n) is 5.82. The highest BCUT2D eigenvalue weighted by atomic mass is 32.1. The topological polar surface area (TPSA) is 72.4 Å². The second kappa shape index (κ2) is 5.69. The molecule has 3 heterocycles. The number of amides is 2. The van der Waals surface area contributed by atoms with Gasteiger partial charge in [0.25, 0.3) is 11.8 Å². The van der Waals surface area contributed by atoms with E-state index >= 15 is 0 Å². The summed E-state index contributed by atoms with van der Waals surface area (Å²) in [5.41, 5.74) is 2.39. The number of carbonyl (C=O) groups is 2. The fourth-order valence-electron chi connectivity index (χ4n) is 3.03.